The van der Waals surface area contributed by atoms with Crippen LogP contribution in [0.15, 0.2) is 48.5 Å². The fourth-order valence-corrected chi connectivity index (χ4v) is 2.27. The average molecular weight is 324 g/mol. The van der Waals surface area contributed by atoms with Gasteiger partial charge in [0.1, 0.15) is 13.2 Å². The Bertz CT molecular complexity index is 814. The summed E-state index contributed by atoms with van der Waals surface area (Å²) in [7, 11) is 0. The van der Waals surface area contributed by atoms with E-state index in [4.69, 9.17) is 15.2 Å². The van der Waals surface area contributed by atoms with Gasteiger partial charge in [-0.3, -0.25) is 9.59 Å². The molecule has 0 radical (unpaired) electrons. The quantitative estimate of drug-likeness (QED) is 0.844. The largest absolute Gasteiger partial charge is 0.486 e. The van der Waals surface area contributed by atoms with Crippen molar-refractivity contribution < 1.29 is 19.1 Å². The third kappa shape index (κ3) is 3.73. The molecule has 122 valence electrons. The van der Waals surface area contributed by atoms with Crippen molar-refractivity contribution in [2.45, 2.75) is 0 Å². The Morgan fingerprint density at radius 1 is 1.04 bits per heavy atom. The molecule has 1 heterocycles. The molecule has 0 fully saturated rings. The second kappa shape index (κ2) is 6.87. The van der Waals surface area contributed by atoms with Crippen molar-refractivity contribution >= 4 is 23.6 Å². The molecule has 2 amide bonds. The molecule has 3 N–H and O–H groups in total. The molecule has 2 aromatic rings. The number of hydrogen-bond acceptors (Lipinski definition) is 4. The molecule has 3 rings (SSSR count). The molecule has 0 saturated carbocycles. The Morgan fingerprint density at radius 3 is 2.62 bits per heavy atom. The first-order chi connectivity index (χ1) is 11.6. The van der Waals surface area contributed by atoms with Gasteiger partial charge >= 0.3 is 0 Å². The van der Waals surface area contributed by atoms with Crippen LogP contribution in [0, 0.1) is 0 Å². The third-order valence-corrected chi connectivity index (χ3v) is 3.41. The second-order valence-electron chi connectivity index (χ2n) is 5.17. The second-order valence-corrected chi connectivity index (χ2v) is 5.17. The number of carbonyl (C=O) groups is 2. The number of anilines is 1. The summed E-state index contributed by atoms with van der Waals surface area (Å²) in [5.74, 6) is 0.508. The van der Waals surface area contributed by atoms with E-state index in [9.17, 15) is 9.59 Å². The lowest BCUT2D eigenvalue weighted by Crippen LogP contribution is -2.15. The van der Waals surface area contributed by atoms with Gasteiger partial charge in [0.25, 0.3) is 0 Å². The molecular weight excluding hydrogens is 308 g/mol. The zero-order chi connectivity index (χ0) is 16.9. The van der Waals surface area contributed by atoms with Crippen LogP contribution in [0.25, 0.3) is 6.08 Å². The summed E-state index contributed by atoms with van der Waals surface area (Å²) in [6.45, 7) is 1.05. The van der Waals surface area contributed by atoms with Crippen molar-refractivity contribution in [2.75, 3.05) is 18.5 Å². The van der Waals surface area contributed by atoms with Gasteiger partial charge in [0.2, 0.25) is 11.8 Å². The van der Waals surface area contributed by atoms with Crippen molar-refractivity contribution in [1.82, 2.24) is 0 Å². The van der Waals surface area contributed by atoms with E-state index in [0.717, 1.165) is 5.56 Å². The minimum atomic E-state index is -0.544. The van der Waals surface area contributed by atoms with Gasteiger partial charge in [-0.05, 0) is 42.0 Å². The van der Waals surface area contributed by atoms with Crippen LogP contribution < -0.4 is 20.5 Å². The molecule has 0 spiro atoms. The standard InChI is InChI=1S/C18H16N2O4/c19-18(22)13-2-1-3-14(11-13)20-17(21)7-5-12-4-6-15-16(10-12)24-9-8-23-15/h1-7,10-11H,8-9H2,(H2,19,22)(H,20,21)/b7-5+. The van der Waals surface area contributed by atoms with Crippen LogP contribution in [0.3, 0.4) is 0 Å². The monoisotopic (exact) mass is 324 g/mol. The highest BCUT2D eigenvalue weighted by atomic mass is 16.6. The number of primary amides is 1. The summed E-state index contributed by atoms with van der Waals surface area (Å²) in [5.41, 5.74) is 6.88. The fraction of sp³-hybridized carbons (Fsp3) is 0.111. The van der Waals surface area contributed by atoms with Crippen LogP contribution in [-0.4, -0.2) is 25.0 Å². The molecule has 6 nitrogen and oxygen atoms in total. The van der Waals surface area contributed by atoms with Crippen molar-refractivity contribution in [2.24, 2.45) is 5.73 Å². The topological polar surface area (TPSA) is 90.7 Å². The van der Waals surface area contributed by atoms with E-state index in [1.165, 1.54) is 12.1 Å². The summed E-state index contributed by atoms with van der Waals surface area (Å²) < 4.78 is 10.9. The summed E-state index contributed by atoms with van der Waals surface area (Å²) in [6.07, 6.45) is 3.08. The number of nitrogens with two attached hydrogens (primary N) is 1. The number of benzene rings is 2. The Hall–Kier alpha value is -3.28. The first kappa shape index (κ1) is 15.6. The van der Waals surface area contributed by atoms with Crippen LogP contribution in [-0.2, 0) is 4.79 Å². The van der Waals surface area contributed by atoms with E-state index < -0.39 is 5.91 Å². The van der Waals surface area contributed by atoms with Crippen LogP contribution in [0.1, 0.15) is 15.9 Å². The van der Waals surface area contributed by atoms with Gasteiger partial charge in [0.15, 0.2) is 11.5 Å². The highest BCUT2D eigenvalue weighted by Gasteiger charge is 2.10. The summed E-state index contributed by atoms with van der Waals surface area (Å²) in [4.78, 5) is 23.1. The van der Waals surface area contributed by atoms with E-state index in [0.29, 0.717) is 36.0 Å². The molecule has 1 aliphatic heterocycles. The first-order valence-electron chi connectivity index (χ1n) is 7.40. The number of fused-ring (bicyclic) bond motifs is 1. The summed E-state index contributed by atoms with van der Waals surface area (Å²) in [6, 6.07) is 11.9. The average Bonchev–Trinajstić information content (AvgIpc) is 2.60. The Labute approximate surface area is 138 Å². The van der Waals surface area contributed by atoms with Gasteiger partial charge in [-0.2, -0.15) is 0 Å². The van der Waals surface area contributed by atoms with Crippen LogP contribution in [0.2, 0.25) is 0 Å². The first-order valence-corrected chi connectivity index (χ1v) is 7.40. The molecule has 24 heavy (non-hydrogen) atoms. The molecule has 2 aromatic carbocycles. The lowest BCUT2D eigenvalue weighted by atomic mass is 10.1. The maximum Gasteiger partial charge on any atom is 0.248 e. The molecule has 0 aromatic heterocycles. The summed E-state index contributed by atoms with van der Waals surface area (Å²) in [5, 5.41) is 2.68. The van der Waals surface area contributed by atoms with Crippen LogP contribution in [0.5, 0.6) is 11.5 Å². The molecular formula is C18H16N2O4. The minimum Gasteiger partial charge on any atom is -0.486 e. The highest BCUT2D eigenvalue weighted by molar-refractivity contribution is 6.03. The number of rotatable bonds is 4. The number of nitrogens with one attached hydrogen (secondary N) is 1. The molecule has 1 aliphatic rings. The zero-order valence-corrected chi connectivity index (χ0v) is 12.8. The lowest BCUT2D eigenvalue weighted by Gasteiger charge is -2.18. The van der Waals surface area contributed by atoms with Crippen molar-refractivity contribution in [3.63, 3.8) is 0 Å². The van der Waals surface area contributed by atoms with Crippen LogP contribution >= 0.6 is 0 Å². The van der Waals surface area contributed by atoms with E-state index in [2.05, 4.69) is 5.32 Å². The smallest absolute Gasteiger partial charge is 0.248 e. The fourth-order valence-electron chi connectivity index (χ4n) is 2.27. The van der Waals surface area contributed by atoms with Crippen LogP contribution in [0.4, 0.5) is 5.69 Å². The molecule has 0 bridgehead atoms. The molecule has 0 saturated heterocycles. The van der Waals surface area contributed by atoms with Gasteiger partial charge in [-0.1, -0.05) is 12.1 Å². The van der Waals surface area contributed by atoms with Crippen molar-refractivity contribution in [3.05, 3.63) is 59.7 Å². The number of carbonyl (C=O) groups excluding carboxylic acids is 2. The molecule has 0 unspecified atom stereocenters. The molecule has 0 aliphatic carbocycles. The van der Waals surface area contributed by atoms with E-state index in [1.54, 1.807) is 24.3 Å². The lowest BCUT2D eigenvalue weighted by molar-refractivity contribution is -0.111. The van der Waals surface area contributed by atoms with Gasteiger partial charge in [-0.15, -0.1) is 0 Å². The Kier molecular flexibility index (Phi) is 4.47. The van der Waals surface area contributed by atoms with Gasteiger partial charge in [-0.25, -0.2) is 0 Å². The zero-order valence-electron chi connectivity index (χ0n) is 12.8. The van der Waals surface area contributed by atoms with E-state index >= 15 is 0 Å². The molecule has 0 atom stereocenters. The SMILES string of the molecule is NC(=O)c1cccc(NC(=O)/C=C/c2ccc3c(c2)OCCO3)c1. The van der Waals surface area contributed by atoms with E-state index in [-0.39, 0.29) is 5.91 Å². The third-order valence-electron chi connectivity index (χ3n) is 3.41. The maximum atomic E-state index is 12.0. The summed E-state index contributed by atoms with van der Waals surface area (Å²) >= 11 is 0. The predicted molar refractivity (Wildman–Crippen MR) is 90.1 cm³/mol. The van der Waals surface area contributed by atoms with Crippen molar-refractivity contribution in [3.8, 4) is 11.5 Å². The Morgan fingerprint density at radius 2 is 1.83 bits per heavy atom. The number of hydrogen-bond donors (Lipinski definition) is 2. The Balaban J connectivity index is 1.67. The number of amides is 2. The maximum absolute atomic E-state index is 12.0. The minimum absolute atomic E-state index is 0.313. The molecule has 6 heteroatoms. The van der Waals surface area contributed by atoms with Gasteiger partial charge in [0.05, 0.1) is 0 Å². The van der Waals surface area contributed by atoms with E-state index in [1.807, 2.05) is 18.2 Å². The normalized spacial score (nSPS) is 12.8. The predicted octanol–water partition coefficient (Wildman–Crippen LogP) is 2.21. The van der Waals surface area contributed by atoms with Gasteiger partial charge in [0, 0.05) is 17.3 Å². The van der Waals surface area contributed by atoms with Crippen molar-refractivity contribution in [1.29, 1.82) is 0 Å². The highest BCUT2D eigenvalue weighted by Crippen LogP contribution is 2.31. The number of ether oxygens (including phenoxy) is 2. The van der Waals surface area contributed by atoms with Gasteiger partial charge < -0.3 is 20.5 Å².